The first-order valence-corrected chi connectivity index (χ1v) is 13.8. The number of carbonyl (C=O) groups is 3. The lowest BCUT2D eigenvalue weighted by molar-refractivity contribution is -0.137. The Balaban J connectivity index is 1.86. The van der Waals surface area contributed by atoms with Crippen LogP contribution in [0.25, 0.3) is 0 Å². The molecule has 0 unspecified atom stereocenters. The van der Waals surface area contributed by atoms with Gasteiger partial charge in [-0.3, -0.25) is 4.90 Å². The molecule has 41 heavy (non-hydrogen) atoms. The summed E-state index contributed by atoms with van der Waals surface area (Å²) >= 11 is 0. The number of hydrogen-bond donors (Lipinski definition) is 2. The largest absolute Gasteiger partial charge is 0.480 e. The van der Waals surface area contributed by atoms with E-state index < -0.39 is 12.0 Å². The third kappa shape index (κ3) is 8.00. The molecule has 1 aliphatic rings. The lowest BCUT2D eigenvalue weighted by Gasteiger charge is -2.29. The van der Waals surface area contributed by atoms with Gasteiger partial charge < -0.3 is 29.9 Å². The average Bonchev–Trinajstić information content (AvgIpc) is 3.51. The fraction of sp³-hybridized carbons (Fsp3) is 0.483. The molecule has 2 N–H and O–H groups in total. The maximum Gasteiger partial charge on any atom is 0.415 e. The number of benzene rings is 1. The number of likely N-dealkylation sites (tertiary alicyclic amines) is 1. The van der Waals surface area contributed by atoms with Crippen LogP contribution in [0.15, 0.2) is 30.5 Å². The van der Waals surface area contributed by atoms with E-state index in [4.69, 9.17) is 11.2 Å². The summed E-state index contributed by atoms with van der Waals surface area (Å²) in [5.41, 5.74) is 1.05. The van der Waals surface area contributed by atoms with E-state index in [1.54, 1.807) is 43.1 Å². The first kappa shape index (κ1) is 31.0. The Morgan fingerprint density at radius 2 is 1.78 bits per heavy atom. The third-order valence-corrected chi connectivity index (χ3v) is 6.84. The summed E-state index contributed by atoms with van der Waals surface area (Å²) in [6, 6.07) is 5.30. The van der Waals surface area contributed by atoms with Crippen LogP contribution in [-0.2, 0) is 11.2 Å². The van der Waals surface area contributed by atoms with Crippen LogP contribution in [0, 0.1) is 12.3 Å². The molecular formula is C29H39N7O5. The average molecular weight is 566 g/mol. The Labute approximate surface area is 241 Å². The molecule has 1 aromatic heterocycles. The van der Waals surface area contributed by atoms with E-state index in [1.165, 1.54) is 16.0 Å². The minimum Gasteiger partial charge on any atom is -0.480 e. The Morgan fingerprint density at radius 3 is 2.34 bits per heavy atom. The molecule has 12 heteroatoms. The van der Waals surface area contributed by atoms with Crippen molar-refractivity contribution in [2.45, 2.75) is 46.1 Å². The lowest BCUT2D eigenvalue weighted by Crippen LogP contribution is -2.42. The van der Waals surface area contributed by atoms with Crippen molar-refractivity contribution in [1.82, 2.24) is 19.8 Å². The fourth-order valence-corrected chi connectivity index (χ4v) is 4.51. The number of amides is 3. The molecule has 0 aliphatic carbocycles. The van der Waals surface area contributed by atoms with E-state index in [9.17, 15) is 19.5 Å². The molecule has 1 saturated heterocycles. The number of terminal acetylenes is 1. The standard InChI is InChI=1S/C29H39N7O5/c1-6-16-33(5)28(39)36(9-4)24-20-30-27(34(7-2)8-3)32-25(24)31-23(26(37)38)19-21-12-14-22(15-13-21)41-29(40)35-17-10-11-18-35/h1,12-15,20,23H,7-11,16-19H2,2-5H3,(H,37,38)(H,30,31,32)/t23-/m0/s1. The van der Waals surface area contributed by atoms with Gasteiger partial charge in [0, 0.05) is 46.2 Å². The van der Waals surface area contributed by atoms with Crippen molar-refractivity contribution in [1.29, 1.82) is 0 Å². The molecule has 3 amide bonds. The number of ether oxygens (including phenoxy) is 1. The number of carboxylic acids is 1. The SMILES string of the molecule is C#CCN(C)C(=O)N(CC)c1cnc(N(CC)CC)nc1N[C@@H](Cc1ccc(OC(=O)N2CCCC2)cc1)C(=O)O. The zero-order valence-electron chi connectivity index (χ0n) is 24.2. The minimum absolute atomic E-state index is 0.108. The number of carbonyl (C=O) groups excluding carboxylic acids is 2. The summed E-state index contributed by atoms with van der Waals surface area (Å²) < 4.78 is 5.45. The van der Waals surface area contributed by atoms with Gasteiger partial charge in [0.2, 0.25) is 5.95 Å². The number of nitrogens with one attached hydrogen (secondary N) is 1. The molecule has 0 bridgehead atoms. The molecule has 1 fully saturated rings. The number of nitrogens with zero attached hydrogens (tertiary/aromatic N) is 6. The monoisotopic (exact) mass is 565 g/mol. The Bertz CT molecular complexity index is 1240. The van der Waals surface area contributed by atoms with Gasteiger partial charge in [0.05, 0.1) is 12.7 Å². The van der Waals surface area contributed by atoms with Gasteiger partial charge in [0.15, 0.2) is 5.82 Å². The molecule has 1 atom stereocenters. The molecule has 220 valence electrons. The van der Waals surface area contributed by atoms with Crippen molar-refractivity contribution in [2.75, 3.05) is 61.4 Å². The van der Waals surface area contributed by atoms with Gasteiger partial charge in [-0.25, -0.2) is 19.4 Å². The molecule has 3 rings (SSSR count). The highest BCUT2D eigenvalue weighted by Gasteiger charge is 2.27. The number of rotatable bonds is 12. The van der Waals surface area contributed by atoms with Gasteiger partial charge >= 0.3 is 18.1 Å². The van der Waals surface area contributed by atoms with Crippen molar-refractivity contribution < 1.29 is 24.2 Å². The van der Waals surface area contributed by atoms with Crippen LogP contribution in [0.5, 0.6) is 5.75 Å². The van der Waals surface area contributed by atoms with Gasteiger partial charge in [-0.15, -0.1) is 6.42 Å². The molecular weight excluding hydrogens is 526 g/mol. The van der Waals surface area contributed by atoms with E-state index in [1.807, 2.05) is 18.7 Å². The second-order valence-electron chi connectivity index (χ2n) is 9.61. The summed E-state index contributed by atoms with van der Waals surface area (Å²) in [7, 11) is 1.59. The number of urea groups is 1. The minimum atomic E-state index is -1.10. The van der Waals surface area contributed by atoms with Crippen LogP contribution < -0.4 is 19.9 Å². The van der Waals surface area contributed by atoms with Crippen LogP contribution in [0.2, 0.25) is 0 Å². The Hall–Kier alpha value is -4.53. The highest BCUT2D eigenvalue weighted by atomic mass is 16.6. The predicted octanol–water partition coefficient (Wildman–Crippen LogP) is 3.54. The highest BCUT2D eigenvalue weighted by molar-refractivity contribution is 5.95. The number of carboxylic acid groups (broad SMARTS) is 1. The molecule has 1 aromatic carbocycles. The number of hydrogen-bond acceptors (Lipinski definition) is 8. The maximum absolute atomic E-state index is 13.2. The topological polar surface area (TPSA) is 131 Å². The fourth-order valence-electron chi connectivity index (χ4n) is 4.51. The Morgan fingerprint density at radius 1 is 1.12 bits per heavy atom. The zero-order chi connectivity index (χ0) is 29.9. The molecule has 0 radical (unpaired) electrons. The molecule has 1 aliphatic heterocycles. The predicted molar refractivity (Wildman–Crippen MR) is 157 cm³/mol. The second-order valence-corrected chi connectivity index (χ2v) is 9.61. The second kappa shape index (κ2) is 14.7. The number of anilines is 3. The van der Waals surface area contributed by atoms with Crippen molar-refractivity contribution in [2.24, 2.45) is 0 Å². The van der Waals surface area contributed by atoms with Crippen LogP contribution in [0.4, 0.5) is 27.0 Å². The molecule has 0 spiro atoms. The van der Waals surface area contributed by atoms with Gasteiger partial charge in [-0.2, -0.15) is 4.98 Å². The van der Waals surface area contributed by atoms with Crippen molar-refractivity contribution in [3.05, 3.63) is 36.0 Å². The van der Waals surface area contributed by atoms with E-state index >= 15 is 0 Å². The molecule has 2 aromatic rings. The van der Waals surface area contributed by atoms with Gasteiger partial charge in [0.25, 0.3) is 0 Å². The van der Waals surface area contributed by atoms with Gasteiger partial charge in [-0.05, 0) is 51.3 Å². The zero-order valence-corrected chi connectivity index (χ0v) is 24.2. The molecule has 0 saturated carbocycles. The summed E-state index contributed by atoms with van der Waals surface area (Å²) in [6.07, 6.45) is 8.58. The van der Waals surface area contributed by atoms with E-state index in [0.717, 1.165) is 12.8 Å². The third-order valence-electron chi connectivity index (χ3n) is 6.84. The molecule has 2 heterocycles. The summed E-state index contributed by atoms with van der Waals surface area (Å²) in [5.74, 6) is 2.38. The quantitative estimate of drug-likeness (QED) is 0.371. The van der Waals surface area contributed by atoms with E-state index in [-0.39, 0.29) is 37.5 Å². The van der Waals surface area contributed by atoms with Crippen molar-refractivity contribution >= 4 is 35.5 Å². The lowest BCUT2D eigenvalue weighted by atomic mass is 10.1. The van der Waals surface area contributed by atoms with Crippen LogP contribution in [-0.4, -0.2) is 95.3 Å². The van der Waals surface area contributed by atoms with Crippen LogP contribution in [0.3, 0.4) is 0 Å². The molecule has 12 nitrogen and oxygen atoms in total. The number of aromatic nitrogens is 2. The van der Waals surface area contributed by atoms with Crippen LogP contribution in [0.1, 0.15) is 39.2 Å². The van der Waals surface area contributed by atoms with Crippen LogP contribution >= 0.6 is 0 Å². The highest BCUT2D eigenvalue weighted by Crippen LogP contribution is 2.28. The maximum atomic E-state index is 13.2. The van der Waals surface area contributed by atoms with Crippen molar-refractivity contribution in [3.8, 4) is 18.1 Å². The van der Waals surface area contributed by atoms with E-state index in [2.05, 4.69) is 21.2 Å². The van der Waals surface area contributed by atoms with Crippen molar-refractivity contribution in [3.63, 3.8) is 0 Å². The first-order valence-electron chi connectivity index (χ1n) is 13.8. The Kier molecular flexibility index (Phi) is 11.1. The summed E-state index contributed by atoms with van der Waals surface area (Å²) in [4.78, 5) is 53.4. The summed E-state index contributed by atoms with van der Waals surface area (Å²) in [6.45, 7) is 8.80. The smallest absolute Gasteiger partial charge is 0.415 e. The first-order chi connectivity index (χ1) is 19.7. The summed E-state index contributed by atoms with van der Waals surface area (Å²) in [5, 5.41) is 13.2. The number of aliphatic carboxylic acids is 1. The normalized spacial score (nSPS) is 13.2. The van der Waals surface area contributed by atoms with Gasteiger partial charge in [-0.1, -0.05) is 18.1 Å². The van der Waals surface area contributed by atoms with Gasteiger partial charge in [0.1, 0.15) is 17.5 Å². The van der Waals surface area contributed by atoms with E-state index in [0.29, 0.717) is 49.1 Å².